The van der Waals surface area contributed by atoms with E-state index in [4.69, 9.17) is 9.47 Å². The topological polar surface area (TPSA) is 36.3 Å². The Labute approximate surface area is 158 Å². The van der Waals surface area contributed by atoms with E-state index in [0.29, 0.717) is 16.6 Å². The standard InChI is InChI=1S/C19H19BrF2N2O2/c1-10(2)16-15(20)14-17(24(16)13-7-5-12(21)6-8-13)11(3)23-19(22)18(14)26-9-25-4/h5-8,10H,9H2,1-4H3. The van der Waals surface area contributed by atoms with Crippen LogP contribution in [0.2, 0.25) is 0 Å². The average molecular weight is 425 g/mol. The Kier molecular flexibility index (Phi) is 5.29. The molecule has 0 atom stereocenters. The van der Waals surface area contributed by atoms with Crippen molar-refractivity contribution in [2.45, 2.75) is 26.7 Å². The van der Waals surface area contributed by atoms with E-state index in [0.717, 1.165) is 15.9 Å². The zero-order valence-electron chi connectivity index (χ0n) is 14.9. The molecule has 138 valence electrons. The van der Waals surface area contributed by atoms with Crippen LogP contribution in [0.3, 0.4) is 0 Å². The third-order valence-corrected chi connectivity index (χ3v) is 4.92. The highest BCUT2D eigenvalue weighted by molar-refractivity contribution is 9.10. The van der Waals surface area contributed by atoms with Gasteiger partial charge in [0, 0.05) is 18.5 Å². The highest BCUT2D eigenvalue weighted by atomic mass is 79.9. The van der Waals surface area contributed by atoms with Crippen LogP contribution in [0.25, 0.3) is 16.6 Å². The number of nitrogens with zero attached hydrogens (tertiary/aromatic N) is 2. The Balaban J connectivity index is 2.43. The fourth-order valence-corrected chi connectivity index (χ4v) is 4.09. The summed E-state index contributed by atoms with van der Waals surface area (Å²) in [5.74, 6) is -0.874. The molecule has 0 fully saturated rings. The van der Waals surface area contributed by atoms with E-state index in [1.165, 1.54) is 19.2 Å². The maximum Gasteiger partial charge on any atom is 0.256 e. The van der Waals surface area contributed by atoms with Crippen molar-refractivity contribution < 1.29 is 18.3 Å². The molecule has 0 amide bonds. The highest BCUT2D eigenvalue weighted by Gasteiger charge is 2.26. The summed E-state index contributed by atoms with van der Waals surface area (Å²) in [5.41, 5.74) is 2.91. The zero-order valence-corrected chi connectivity index (χ0v) is 16.5. The lowest BCUT2D eigenvalue weighted by atomic mass is 10.1. The lowest BCUT2D eigenvalue weighted by Gasteiger charge is -2.15. The Morgan fingerprint density at radius 2 is 1.85 bits per heavy atom. The molecule has 3 rings (SSSR count). The van der Waals surface area contributed by atoms with Crippen LogP contribution in [0.1, 0.15) is 31.2 Å². The van der Waals surface area contributed by atoms with Crippen molar-refractivity contribution in [3.05, 3.63) is 51.9 Å². The maximum atomic E-state index is 14.5. The number of aromatic nitrogens is 2. The summed E-state index contributed by atoms with van der Waals surface area (Å²) in [7, 11) is 1.47. The van der Waals surface area contributed by atoms with E-state index in [1.54, 1.807) is 19.1 Å². The van der Waals surface area contributed by atoms with Crippen LogP contribution in [-0.4, -0.2) is 23.5 Å². The fraction of sp³-hybridized carbons (Fsp3) is 0.316. The highest BCUT2D eigenvalue weighted by Crippen LogP contribution is 2.43. The van der Waals surface area contributed by atoms with E-state index in [1.807, 2.05) is 18.4 Å². The molecular formula is C19H19BrF2N2O2. The minimum Gasteiger partial charge on any atom is -0.462 e. The molecule has 0 N–H and O–H groups in total. The molecule has 0 radical (unpaired) electrons. The molecule has 0 spiro atoms. The maximum absolute atomic E-state index is 14.5. The summed E-state index contributed by atoms with van der Waals surface area (Å²) in [6.45, 7) is 5.71. The van der Waals surface area contributed by atoms with E-state index >= 15 is 0 Å². The fourth-order valence-electron chi connectivity index (χ4n) is 3.09. The molecule has 7 heteroatoms. The molecule has 0 bridgehead atoms. The molecule has 0 unspecified atom stereocenters. The molecule has 2 aromatic heterocycles. The smallest absolute Gasteiger partial charge is 0.256 e. The first-order valence-corrected chi connectivity index (χ1v) is 8.93. The summed E-state index contributed by atoms with van der Waals surface area (Å²) in [6, 6.07) is 6.17. The quantitative estimate of drug-likeness (QED) is 0.401. The first-order valence-electron chi connectivity index (χ1n) is 8.14. The summed E-state index contributed by atoms with van der Waals surface area (Å²) >= 11 is 3.62. The third-order valence-electron chi connectivity index (χ3n) is 4.12. The number of halogens is 3. The number of hydrogen-bond donors (Lipinski definition) is 0. The van der Waals surface area contributed by atoms with Crippen LogP contribution >= 0.6 is 15.9 Å². The van der Waals surface area contributed by atoms with Gasteiger partial charge in [0.1, 0.15) is 5.82 Å². The second-order valence-electron chi connectivity index (χ2n) is 6.26. The van der Waals surface area contributed by atoms with Crippen molar-refractivity contribution in [3.63, 3.8) is 0 Å². The lowest BCUT2D eigenvalue weighted by molar-refractivity contribution is 0.0488. The van der Waals surface area contributed by atoms with E-state index in [9.17, 15) is 8.78 Å². The van der Waals surface area contributed by atoms with Gasteiger partial charge < -0.3 is 14.0 Å². The van der Waals surface area contributed by atoms with Crippen molar-refractivity contribution in [3.8, 4) is 11.4 Å². The minimum absolute atomic E-state index is 0.0297. The van der Waals surface area contributed by atoms with Crippen LogP contribution in [0.15, 0.2) is 28.7 Å². The van der Waals surface area contributed by atoms with Gasteiger partial charge in [-0.3, -0.25) is 0 Å². The van der Waals surface area contributed by atoms with Crippen molar-refractivity contribution in [2.75, 3.05) is 13.9 Å². The van der Waals surface area contributed by atoms with Crippen LogP contribution in [0.5, 0.6) is 5.75 Å². The number of aryl methyl sites for hydroxylation is 1. The largest absolute Gasteiger partial charge is 0.462 e. The molecule has 1 aromatic carbocycles. The molecule has 4 nitrogen and oxygen atoms in total. The number of rotatable bonds is 5. The predicted octanol–water partition coefficient (Wildman–Crippen LogP) is 5.48. The Morgan fingerprint density at radius 1 is 1.19 bits per heavy atom. The van der Waals surface area contributed by atoms with Crippen LogP contribution in [0, 0.1) is 18.7 Å². The Bertz CT molecular complexity index is 953. The number of pyridine rings is 1. The molecule has 0 aliphatic carbocycles. The number of ether oxygens (including phenoxy) is 2. The van der Waals surface area contributed by atoms with Crippen molar-refractivity contribution in [1.29, 1.82) is 0 Å². The predicted molar refractivity (Wildman–Crippen MR) is 100 cm³/mol. The summed E-state index contributed by atoms with van der Waals surface area (Å²) in [4.78, 5) is 4.01. The SMILES string of the molecule is COCOc1c(F)nc(C)c2c1c(Br)c(C(C)C)n2-c1ccc(F)cc1. The number of methoxy groups -OCH3 is 1. The molecule has 0 saturated carbocycles. The van der Waals surface area contributed by atoms with Gasteiger partial charge in [0.25, 0.3) is 5.95 Å². The van der Waals surface area contributed by atoms with Gasteiger partial charge in [-0.05, 0) is 53.0 Å². The Hall–Kier alpha value is -1.99. The van der Waals surface area contributed by atoms with Crippen molar-refractivity contribution in [1.82, 2.24) is 9.55 Å². The summed E-state index contributed by atoms with van der Waals surface area (Å²) < 4.78 is 41.0. The third kappa shape index (κ3) is 3.10. The van der Waals surface area contributed by atoms with E-state index in [2.05, 4.69) is 20.9 Å². The second kappa shape index (κ2) is 7.32. The van der Waals surface area contributed by atoms with Gasteiger partial charge in [0.2, 0.25) is 0 Å². The summed E-state index contributed by atoms with van der Waals surface area (Å²) in [6.07, 6.45) is 0. The molecule has 0 saturated heterocycles. The molecule has 2 heterocycles. The Morgan fingerprint density at radius 3 is 2.42 bits per heavy atom. The number of benzene rings is 1. The van der Waals surface area contributed by atoms with Gasteiger partial charge >= 0.3 is 0 Å². The molecule has 0 aliphatic heterocycles. The van der Waals surface area contributed by atoms with Gasteiger partial charge in [-0.25, -0.2) is 9.37 Å². The molecular weight excluding hydrogens is 406 g/mol. The van der Waals surface area contributed by atoms with Gasteiger partial charge in [-0.1, -0.05) is 13.8 Å². The van der Waals surface area contributed by atoms with E-state index < -0.39 is 5.95 Å². The summed E-state index contributed by atoms with van der Waals surface area (Å²) in [5, 5.41) is 0.583. The van der Waals surface area contributed by atoms with Gasteiger partial charge in [-0.15, -0.1) is 0 Å². The van der Waals surface area contributed by atoms with Gasteiger partial charge in [0.05, 0.1) is 21.1 Å². The van der Waals surface area contributed by atoms with Crippen LogP contribution in [-0.2, 0) is 4.74 Å². The van der Waals surface area contributed by atoms with Gasteiger partial charge in [-0.2, -0.15) is 4.39 Å². The zero-order chi connectivity index (χ0) is 19.0. The first kappa shape index (κ1) is 18.8. The lowest BCUT2D eigenvalue weighted by Crippen LogP contribution is -2.06. The van der Waals surface area contributed by atoms with Crippen LogP contribution in [0.4, 0.5) is 8.78 Å². The molecule has 0 aliphatic rings. The number of fused-ring (bicyclic) bond motifs is 1. The monoisotopic (exact) mass is 424 g/mol. The molecule has 26 heavy (non-hydrogen) atoms. The minimum atomic E-state index is -0.695. The normalized spacial score (nSPS) is 11.5. The van der Waals surface area contributed by atoms with E-state index in [-0.39, 0.29) is 24.3 Å². The molecule has 3 aromatic rings. The van der Waals surface area contributed by atoms with Gasteiger partial charge in [0.15, 0.2) is 12.5 Å². The van der Waals surface area contributed by atoms with Crippen molar-refractivity contribution >= 4 is 26.8 Å². The second-order valence-corrected chi connectivity index (χ2v) is 7.05. The average Bonchev–Trinajstić information content (AvgIpc) is 2.89. The number of hydrogen-bond acceptors (Lipinski definition) is 3. The van der Waals surface area contributed by atoms with Crippen LogP contribution < -0.4 is 4.74 Å². The van der Waals surface area contributed by atoms with Crippen molar-refractivity contribution in [2.24, 2.45) is 0 Å². The first-order chi connectivity index (χ1) is 12.4.